The second-order valence-corrected chi connectivity index (χ2v) is 8.05. The molecule has 11 heteroatoms. The van der Waals surface area contributed by atoms with Crippen molar-refractivity contribution >= 4 is 32.9 Å². The van der Waals surface area contributed by atoms with Crippen LogP contribution in [0.3, 0.4) is 0 Å². The number of aromatic nitrogens is 1. The number of methoxy groups -OCH3 is 1. The molecule has 1 atom stereocenters. The first-order valence-corrected chi connectivity index (χ1v) is 9.82. The fraction of sp³-hybridized carbons (Fsp3) is 0.353. The number of benzene rings is 1. The van der Waals surface area contributed by atoms with E-state index in [-0.39, 0.29) is 22.9 Å². The molecule has 0 bridgehead atoms. The summed E-state index contributed by atoms with van der Waals surface area (Å²) in [5.41, 5.74) is 0.336. The molecule has 1 heterocycles. The van der Waals surface area contributed by atoms with E-state index in [0.717, 1.165) is 11.9 Å². The molecule has 0 amide bonds. The minimum absolute atomic E-state index is 0.160. The van der Waals surface area contributed by atoms with E-state index >= 15 is 0 Å². The lowest BCUT2D eigenvalue weighted by atomic mass is 10.2. The van der Waals surface area contributed by atoms with Gasteiger partial charge >= 0.3 is 0 Å². The number of ether oxygens (including phenoxy) is 1. The highest BCUT2D eigenvalue weighted by atomic mass is 32.2. The molecule has 1 aromatic heterocycles. The van der Waals surface area contributed by atoms with E-state index in [9.17, 15) is 18.5 Å². The number of anilines is 3. The number of nitro benzene ring substituents is 1. The molecule has 10 nitrogen and oxygen atoms in total. The zero-order chi connectivity index (χ0) is 20.9. The fourth-order valence-electron chi connectivity index (χ4n) is 2.43. The van der Waals surface area contributed by atoms with Gasteiger partial charge in [0.15, 0.2) is 0 Å². The lowest BCUT2D eigenvalue weighted by Crippen LogP contribution is -2.35. The van der Waals surface area contributed by atoms with Gasteiger partial charge in [0, 0.05) is 33.3 Å². The van der Waals surface area contributed by atoms with Crippen molar-refractivity contribution in [2.24, 2.45) is 0 Å². The van der Waals surface area contributed by atoms with Crippen LogP contribution in [0.25, 0.3) is 0 Å². The van der Waals surface area contributed by atoms with Crippen LogP contribution in [-0.2, 0) is 14.8 Å². The highest BCUT2D eigenvalue weighted by Gasteiger charge is 2.23. The number of hydrogen-bond donors (Lipinski definition) is 2. The summed E-state index contributed by atoms with van der Waals surface area (Å²) >= 11 is 0. The molecule has 2 aromatic rings. The smallest absolute Gasteiger partial charge is 0.294 e. The summed E-state index contributed by atoms with van der Waals surface area (Å²) in [4.78, 5) is 16.7. The van der Waals surface area contributed by atoms with E-state index in [1.54, 1.807) is 19.1 Å². The van der Waals surface area contributed by atoms with Gasteiger partial charge in [-0.15, -0.1) is 0 Å². The molecule has 0 saturated heterocycles. The van der Waals surface area contributed by atoms with Crippen molar-refractivity contribution in [2.45, 2.75) is 17.9 Å². The maximum absolute atomic E-state index is 12.4. The van der Waals surface area contributed by atoms with Gasteiger partial charge in [-0.25, -0.2) is 18.1 Å². The van der Waals surface area contributed by atoms with Gasteiger partial charge < -0.3 is 15.0 Å². The summed E-state index contributed by atoms with van der Waals surface area (Å²) in [7, 11) is 1.23. The molecule has 0 aliphatic rings. The molecule has 0 saturated carbocycles. The third-order valence-corrected chi connectivity index (χ3v) is 5.32. The normalized spacial score (nSPS) is 12.4. The van der Waals surface area contributed by atoms with Gasteiger partial charge in [-0.2, -0.15) is 0 Å². The highest BCUT2D eigenvalue weighted by Crippen LogP contribution is 2.30. The highest BCUT2D eigenvalue weighted by molar-refractivity contribution is 7.89. The molecular formula is C17H23N5O5S. The number of nitrogens with one attached hydrogen (secondary N) is 2. The second kappa shape index (κ2) is 8.95. The molecule has 0 radical (unpaired) electrons. The fourth-order valence-corrected chi connectivity index (χ4v) is 3.68. The molecule has 0 unspecified atom stereocenters. The third kappa shape index (κ3) is 5.38. The van der Waals surface area contributed by atoms with E-state index in [1.807, 2.05) is 19.0 Å². The van der Waals surface area contributed by atoms with Crippen LogP contribution in [0.2, 0.25) is 0 Å². The lowest BCUT2D eigenvalue weighted by Gasteiger charge is -2.14. The Hall–Kier alpha value is -2.76. The van der Waals surface area contributed by atoms with Crippen molar-refractivity contribution in [3.8, 4) is 0 Å². The predicted octanol–water partition coefficient (Wildman–Crippen LogP) is 2.11. The monoisotopic (exact) mass is 409 g/mol. The Kier molecular flexibility index (Phi) is 6.89. The first kappa shape index (κ1) is 21.5. The van der Waals surface area contributed by atoms with E-state index in [1.165, 1.54) is 25.4 Å². The zero-order valence-electron chi connectivity index (χ0n) is 16.0. The Morgan fingerprint density at radius 3 is 2.54 bits per heavy atom. The van der Waals surface area contributed by atoms with E-state index in [2.05, 4.69) is 15.0 Å². The van der Waals surface area contributed by atoms with Crippen molar-refractivity contribution in [3.63, 3.8) is 0 Å². The molecule has 0 aliphatic carbocycles. The van der Waals surface area contributed by atoms with Crippen LogP contribution in [0.15, 0.2) is 41.4 Å². The van der Waals surface area contributed by atoms with Crippen LogP contribution in [-0.4, -0.2) is 52.2 Å². The molecular weight excluding hydrogens is 386 g/mol. The average molecular weight is 409 g/mol. The summed E-state index contributed by atoms with van der Waals surface area (Å²) in [6.07, 6.45) is 1.54. The number of hydrogen-bond acceptors (Lipinski definition) is 8. The minimum Gasteiger partial charge on any atom is -0.383 e. The molecule has 0 aliphatic heterocycles. The van der Waals surface area contributed by atoms with E-state index in [0.29, 0.717) is 5.69 Å². The van der Waals surface area contributed by atoms with E-state index in [4.69, 9.17) is 4.74 Å². The topological polar surface area (TPSA) is 127 Å². The SMILES string of the molecule is COC[C@@H](C)NS(=O)(=O)c1ccc(Nc2ccc(N(C)C)nc2)c([N+](=O)[O-])c1. The van der Waals surface area contributed by atoms with Gasteiger partial charge in [0.05, 0.1) is 28.3 Å². The van der Waals surface area contributed by atoms with Crippen LogP contribution < -0.4 is 14.9 Å². The molecule has 0 fully saturated rings. The summed E-state index contributed by atoms with van der Waals surface area (Å²) < 4.78 is 32.2. The second-order valence-electron chi connectivity index (χ2n) is 6.34. The van der Waals surface area contributed by atoms with Gasteiger partial charge in [0.25, 0.3) is 5.69 Å². The first-order chi connectivity index (χ1) is 13.1. The van der Waals surface area contributed by atoms with Crippen LogP contribution >= 0.6 is 0 Å². The van der Waals surface area contributed by atoms with Crippen molar-refractivity contribution < 1.29 is 18.1 Å². The summed E-state index contributed by atoms with van der Waals surface area (Å²) in [6, 6.07) is 6.69. The Bertz CT molecular complexity index is 931. The largest absolute Gasteiger partial charge is 0.383 e. The Morgan fingerprint density at radius 1 is 1.29 bits per heavy atom. The summed E-state index contributed by atoms with van der Waals surface area (Å²) in [6.45, 7) is 1.81. The predicted molar refractivity (Wildman–Crippen MR) is 107 cm³/mol. The van der Waals surface area contributed by atoms with Crippen LogP contribution in [0.4, 0.5) is 22.9 Å². The number of nitrogens with zero attached hydrogens (tertiary/aromatic N) is 3. The number of nitro groups is 1. The molecule has 2 N–H and O–H groups in total. The quantitative estimate of drug-likeness (QED) is 0.476. The average Bonchev–Trinajstić information content (AvgIpc) is 2.61. The number of sulfonamides is 1. The number of rotatable bonds is 9. The summed E-state index contributed by atoms with van der Waals surface area (Å²) in [5.74, 6) is 0.734. The Balaban J connectivity index is 2.31. The van der Waals surface area contributed by atoms with Crippen molar-refractivity contribution in [1.82, 2.24) is 9.71 Å². The van der Waals surface area contributed by atoms with Gasteiger partial charge in [0.2, 0.25) is 10.0 Å². The molecule has 0 spiro atoms. The van der Waals surface area contributed by atoms with Gasteiger partial charge in [-0.3, -0.25) is 10.1 Å². The maximum Gasteiger partial charge on any atom is 0.294 e. The van der Waals surface area contributed by atoms with Crippen LogP contribution in [0.1, 0.15) is 6.92 Å². The molecule has 152 valence electrons. The summed E-state index contributed by atoms with van der Waals surface area (Å²) in [5, 5.41) is 14.4. The van der Waals surface area contributed by atoms with E-state index < -0.39 is 21.0 Å². The standard InChI is InChI=1S/C17H23N5O5S/c1-12(11-27-4)20-28(25,26)14-6-7-15(16(9-14)22(23)24)19-13-5-8-17(18-10-13)21(2)3/h5-10,12,19-20H,11H2,1-4H3/t12-/m1/s1. The Labute approximate surface area is 163 Å². The molecule has 28 heavy (non-hydrogen) atoms. The van der Waals surface area contributed by atoms with Crippen molar-refractivity contribution in [2.75, 3.05) is 38.0 Å². The van der Waals surface area contributed by atoms with Crippen molar-refractivity contribution in [1.29, 1.82) is 0 Å². The Morgan fingerprint density at radius 2 is 2.00 bits per heavy atom. The van der Waals surface area contributed by atoms with Crippen molar-refractivity contribution in [3.05, 3.63) is 46.6 Å². The zero-order valence-corrected chi connectivity index (χ0v) is 16.9. The van der Waals surface area contributed by atoms with Gasteiger partial charge in [-0.1, -0.05) is 0 Å². The third-order valence-electron chi connectivity index (χ3n) is 3.73. The minimum atomic E-state index is -3.92. The lowest BCUT2D eigenvalue weighted by molar-refractivity contribution is -0.384. The number of pyridine rings is 1. The molecule has 1 aromatic carbocycles. The first-order valence-electron chi connectivity index (χ1n) is 8.34. The molecule has 2 rings (SSSR count). The van der Waals surface area contributed by atoms with Gasteiger partial charge in [-0.05, 0) is 31.2 Å². The van der Waals surface area contributed by atoms with Gasteiger partial charge in [0.1, 0.15) is 11.5 Å². The van der Waals surface area contributed by atoms with Crippen LogP contribution in [0.5, 0.6) is 0 Å². The maximum atomic E-state index is 12.4. The van der Waals surface area contributed by atoms with Crippen LogP contribution in [0, 0.1) is 10.1 Å².